The maximum atomic E-state index is 12.4. The summed E-state index contributed by atoms with van der Waals surface area (Å²) in [6.45, 7) is 2.00. The molecule has 20 heavy (non-hydrogen) atoms. The molecule has 5 nitrogen and oxygen atoms in total. The highest BCUT2D eigenvalue weighted by Gasteiger charge is 2.45. The molecule has 0 radical (unpaired) electrons. The van der Waals surface area contributed by atoms with Gasteiger partial charge in [-0.1, -0.05) is 32.6 Å². The van der Waals surface area contributed by atoms with Gasteiger partial charge in [-0.15, -0.1) is 0 Å². The predicted octanol–water partition coefficient (Wildman–Crippen LogP) is 2.71. The van der Waals surface area contributed by atoms with Gasteiger partial charge in [0.15, 0.2) is 0 Å². The van der Waals surface area contributed by atoms with E-state index in [0.717, 1.165) is 19.3 Å². The fourth-order valence-corrected chi connectivity index (χ4v) is 2.12. The van der Waals surface area contributed by atoms with Crippen molar-refractivity contribution in [3.05, 3.63) is 0 Å². The van der Waals surface area contributed by atoms with Gasteiger partial charge in [-0.3, -0.25) is 9.35 Å². The van der Waals surface area contributed by atoms with Crippen LogP contribution in [0.4, 0.5) is 13.2 Å². The topological polar surface area (TPSA) is 80.7 Å². The van der Waals surface area contributed by atoms with E-state index in [1.807, 2.05) is 6.92 Å². The molecule has 0 fully saturated rings. The van der Waals surface area contributed by atoms with Crippen LogP contribution in [0.15, 0.2) is 0 Å². The third-order valence-corrected chi connectivity index (χ3v) is 3.21. The Kier molecular flexibility index (Phi) is 8.10. The van der Waals surface area contributed by atoms with E-state index in [2.05, 4.69) is 4.74 Å². The Labute approximate surface area is 116 Å². The summed E-state index contributed by atoms with van der Waals surface area (Å²) in [5.74, 6) is -2.80. The van der Waals surface area contributed by atoms with Crippen LogP contribution in [-0.4, -0.2) is 37.0 Å². The Morgan fingerprint density at radius 3 is 2.20 bits per heavy atom. The monoisotopic (exact) mass is 320 g/mol. The van der Waals surface area contributed by atoms with E-state index >= 15 is 0 Å². The van der Waals surface area contributed by atoms with Gasteiger partial charge >= 0.3 is 12.1 Å². The smallest absolute Gasteiger partial charge is 0.426 e. The predicted molar refractivity (Wildman–Crippen MR) is 65.7 cm³/mol. The molecule has 0 heterocycles. The molecule has 0 saturated heterocycles. The number of rotatable bonds is 9. The van der Waals surface area contributed by atoms with Crippen LogP contribution in [0.2, 0.25) is 0 Å². The molecule has 1 unspecified atom stereocenters. The maximum absolute atomic E-state index is 12.4. The van der Waals surface area contributed by atoms with Crippen molar-refractivity contribution in [2.24, 2.45) is 0 Å². The lowest BCUT2D eigenvalue weighted by molar-refractivity contribution is -0.215. The van der Waals surface area contributed by atoms with Crippen LogP contribution in [0.1, 0.15) is 45.4 Å². The Hall–Kier alpha value is -0.830. The van der Waals surface area contributed by atoms with Crippen molar-refractivity contribution in [3.63, 3.8) is 0 Å². The molecular formula is C11H19F3O5S. The van der Waals surface area contributed by atoms with Crippen LogP contribution in [0, 0.1) is 0 Å². The molecule has 0 amide bonds. The first-order valence-electron chi connectivity index (χ1n) is 6.27. The molecule has 0 aromatic carbocycles. The van der Waals surface area contributed by atoms with Gasteiger partial charge in [0.1, 0.15) is 5.75 Å². The Morgan fingerprint density at radius 1 is 1.20 bits per heavy atom. The van der Waals surface area contributed by atoms with Gasteiger partial charge in [0.2, 0.25) is 6.10 Å². The third-order valence-electron chi connectivity index (χ3n) is 2.49. The summed E-state index contributed by atoms with van der Waals surface area (Å²) >= 11 is 0. The highest BCUT2D eigenvalue weighted by molar-refractivity contribution is 7.85. The van der Waals surface area contributed by atoms with Crippen LogP contribution < -0.4 is 0 Å². The van der Waals surface area contributed by atoms with E-state index in [9.17, 15) is 26.4 Å². The van der Waals surface area contributed by atoms with E-state index in [1.165, 1.54) is 0 Å². The summed E-state index contributed by atoms with van der Waals surface area (Å²) in [5, 5.41) is 0. The fourth-order valence-electron chi connectivity index (χ4n) is 1.48. The van der Waals surface area contributed by atoms with Crippen molar-refractivity contribution in [1.29, 1.82) is 0 Å². The fraction of sp³-hybridized carbons (Fsp3) is 0.909. The number of hydrogen-bond acceptors (Lipinski definition) is 4. The lowest BCUT2D eigenvalue weighted by Gasteiger charge is -2.19. The van der Waals surface area contributed by atoms with Crippen molar-refractivity contribution in [2.75, 3.05) is 5.75 Å². The van der Waals surface area contributed by atoms with Crippen LogP contribution in [0.25, 0.3) is 0 Å². The second-order valence-electron chi connectivity index (χ2n) is 4.43. The molecule has 9 heteroatoms. The number of carbonyl (C=O) groups is 1. The summed E-state index contributed by atoms with van der Waals surface area (Å²) in [5.41, 5.74) is 0. The second kappa shape index (κ2) is 8.46. The second-order valence-corrected chi connectivity index (χ2v) is 5.93. The highest BCUT2D eigenvalue weighted by Crippen LogP contribution is 2.24. The zero-order valence-electron chi connectivity index (χ0n) is 11.1. The zero-order chi connectivity index (χ0) is 15.8. The first-order chi connectivity index (χ1) is 9.06. The largest absolute Gasteiger partial charge is 0.451 e. The third kappa shape index (κ3) is 10.0. The average molecular weight is 320 g/mol. The molecule has 120 valence electrons. The molecule has 0 aliphatic rings. The minimum atomic E-state index is -5.03. The number of alkyl halides is 3. The van der Waals surface area contributed by atoms with Crippen molar-refractivity contribution in [2.45, 2.75) is 57.7 Å². The van der Waals surface area contributed by atoms with E-state index < -0.39 is 34.1 Å². The quantitative estimate of drug-likeness (QED) is 0.401. The first kappa shape index (κ1) is 19.2. The van der Waals surface area contributed by atoms with Crippen molar-refractivity contribution >= 4 is 16.1 Å². The number of halogens is 3. The van der Waals surface area contributed by atoms with Crippen LogP contribution in [0.5, 0.6) is 0 Å². The number of esters is 1. The molecule has 1 N–H and O–H groups in total. The average Bonchev–Trinajstić information content (AvgIpc) is 2.25. The van der Waals surface area contributed by atoms with Gasteiger partial charge < -0.3 is 4.74 Å². The molecular weight excluding hydrogens is 301 g/mol. The summed E-state index contributed by atoms with van der Waals surface area (Å²) in [6, 6.07) is 0. The van der Waals surface area contributed by atoms with Gasteiger partial charge in [0, 0.05) is 6.42 Å². The lowest BCUT2D eigenvalue weighted by Crippen LogP contribution is -2.39. The van der Waals surface area contributed by atoms with E-state index in [-0.39, 0.29) is 6.42 Å². The lowest BCUT2D eigenvalue weighted by atomic mass is 10.1. The molecule has 0 rings (SSSR count). The SMILES string of the molecule is CCCCCCCC(=O)OC(CS(=O)(=O)O)C(F)(F)F. The molecule has 0 aliphatic carbocycles. The van der Waals surface area contributed by atoms with Crippen LogP contribution in [-0.2, 0) is 19.6 Å². The Bertz CT molecular complexity index is 391. The first-order valence-corrected chi connectivity index (χ1v) is 7.88. The summed E-state index contributed by atoms with van der Waals surface area (Å²) in [7, 11) is -4.88. The van der Waals surface area contributed by atoms with Gasteiger partial charge in [-0.05, 0) is 6.42 Å². The number of hydrogen-bond donors (Lipinski definition) is 1. The normalized spacial score (nSPS) is 14.1. The molecule has 0 aromatic heterocycles. The standard InChI is InChI=1S/C11H19F3O5S/c1-2-3-4-5-6-7-10(15)19-9(11(12,13)14)8-20(16,17)18/h9H,2-8H2,1H3,(H,16,17,18). The number of unbranched alkanes of at least 4 members (excludes halogenated alkanes) is 4. The summed E-state index contributed by atoms with van der Waals surface area (Å²) < 4.78 is 70.8. The zero-order valence-corrected chi connectivity index (χ0v) is 12.0. The van der Waals surface area contributed by atoms with Crippen molar-refractivity contribution in [3.8, 4) is 0 Å². The Balaban J connectivity index is 4.27. The van der Waals surface area contributed by atoms with Gasteiger partial charge in [-0.25, -0.2) is 0 Å². The van der Waals surface area contributed by atoms with Crippen LogP contribution in [0.3, 0.4) is 0 Å². The minimum absolute atomic E-state index is 0.207. The molecule has 0 bridgehead atoms. The van der Waals surface area contributed by atoms with Crippen molar-refractivity contribution < 1.29 is 35.7 Å². The molecule has 0 saturated carbocycles. The van der Waals surface area contributed by atoms with E-state index in [0.29, 0.717) is 12.8 Å². The van der Waals surface area contributed by atoms with Gasteiger partial charge in [0.05, 0.1) is 0 Å². The molecule has 0 aromatic rings. The van der Waals surface area contributed by atoms with E-state index in [1.54, 1.807) is 0 Å². The molecule has 0 aliphatic heterocycles. The number of ether oxygens (including phenoxy) is 1. The maximum Gasteiger partial charge on any atom is 0.426 e. The summed E-state index contributed by atoms with van der Waals surface area (Å²) in [4.78, 5) is 11.2. The van der Waals surface area contributed by atoms with Crippen LogP contribution >= 0.6 is 0 Å². The molecule has 1 atom stereocenters. The van der Waals surface area contributed by atoms with E-state index in [4.69, 9.17) is 4.55 Å². The van der Waals surface area contributed by atoms with Gasteiger partial charge in [0.25, 0.3) is 10.1 Å². The number of carbonyl (C=O) groups excluding carboxylic acids is 1. The van der Waals surface area contributed by atoms with Gasteiger partial charge in [-0.2, -0.15) is 21.6 Å². The summed E-state index contributed by atoms with van der Waals surface area (Å²) in [6.07, 6.45) is -4.15. The molecule has 0 spiro atoms. The Morgan fingerprint density at radius 2 is 1.75 bits per heavy atom. The van der Waals surface area contributed by atoms with Crippen molar-refractivity contribution in [1.82, 2.24) is 0 Å². The minimum Gasteiger partial charge on any atom is -0.451 e. The highest BCUT2D eigenvalue weighted by atomic mass is 32.2.